The monoisotopic (exact) mass is 304 g/mol. The van der Waals surface area contributed by atoms with Gasteiger partial charge in [0.2, 0.25) is 11.8 Å². The Hall–Kier alpha value is -2.68. The molecule has 2 amide bonds. The maximum absolute atomic E-state index is 12.0. The van der Waals surface area contributed by atoms with Gasteiger partial charge in [-0.05, 0) is 0 Å². The number of fused-ring (bicyclic) bond motifs is 1. The van der Waals surface area contributed by atoms with Crippen molar-refractivity contribution in [3.63, 3.8) is 0 Å². The summed E-state index contributed by atoms with van der Waals surface area (Å²) in [6, 6.07) is 0. The smallest absolute Gasteiger partial charge is 0.231 e. The van der Waals surface area contributed by atoms with Gasteiger partial charge in [-0.3, -0.25) is 19.1 Å². The van der Waals surface area contributed by atoms with Crippen LogP contribution in [-0.2, 0) is 22.4 Å². The first kappa shape index (κ1) is 13.3. The molecule has 0 unspecified atom stereocenters. The molecule has 0 spiro atoms. The number of rotatable bonds is 5. The number of carbonyl (C=O) groups excluding carboxylic acids is 2. The number of aromatic amines is 1. The van der Waals surface area contributed by atoms with E-state index in [0.717, 1.165) is 4.96 Å². The van der Waals surface area contributed by atoms with Gasteiger partial charge in [0, 0.05) is 23.3 Å². The number of carbonyl (C=O) groups is 2. The van der Waals surface area contributed by atoms with E-state index in [1.165, 1.54) is 17.5 Å². The molecule has 0 aliphatic rings. The molecule has 3 aromatic rings. The Bertz CT molecular complexity index is 773. The van der Waals surface area contributed by atoms with Crippen molar-refractivity contribution in [2.45, 2.75) is 12.8 Å². The summed E-state index contributed by atoms with van der Waals surface area (Å²) in [6.45, 7) is 0. The highest BCUT2D eigenvalue weighted by Gasteiger charge is 2.13. The van der Waals surface area contributed by atoms with Gasteiger partial charge in [0.1, 0.15) is 5.82 Å². The quantitative estimate of drug-likeness (QED) is 0.629. The molecule has 0 radical (unpaired) electrons. The molecule has 0 saturated carbocycles. The van der Waals surface area contributed by atoms with Crippen molar-refractivity contribution in [3.8, 4) is 0 Å². The molecule has 3 heterocycles. The summed E-state index contributed by atoms with van der Waals surface area (Å²) in [4.78, 5) is 28.1. The normalized spacial score (nSPS) is 10.9. The Labute approximate surface area is 123 Å². The SMILES string of the molecule is NC(=O)Cc1cn[nH]c1NC(=O)Cc1cn2ccsc2n1. The van der Waals surface area contributed by atoms with E-state index in [1.54, 1.807) is 0 Å². The Morgan fingerprint density at radius 3 is 3.05 bits per heavy atom. The van der Waals surface area contributed by atoms with E-state index < -0.39 is 5.91 Å². The number of thiazole rings is 1. The molecule has 9 heteroatoms. The Morgan fingerprint density at radius 1 is 1.43 bits per heavy atom. The third-order valence-electron chi connectivity index (χ3n) is 2.83. The molecule has 0 fully saturated rings. The van der Waals surface area contributed by atoms with Crippen molar-refractivity contribution in [2.75, 3.05) is 5.32 Å². The van der Waals surface area contributed by atoms with Crippen molar-refractivity contribution >= 4 is 33.9 Å². The maximum atomic E-state index is 12.0. The van der Waals surface area contributed by atoms with Crippen LogP contribution in [0.15, 0.2) is 24.0 Å². The van der Waals surface area contributed by atoms with Gasteiger partial charge in [0.25, 0.3) is 0 Å². The molecular formula is C12H12N6O2S. The van der Waals surface area contributed by atoms with Crippen LogP contribution in [0.25, 0.3) is 4.96 Å². The Morgan fingerprint density at radius 2 is 2.29 bits per heavy atom. The minimum atomic E-state index is -0.485. The van der Waals surface area contributed by atoms with Gasteiger partial charge in [-0.25, -0.2) is 4.98 Å². The molecule has 4 N–H and O–H groups in total. The van der Waals surface area contributed by atoms with Crippen molar-refractivity contribution in [1.29, 1.82) is 0 Å². The number of primary amides is 1. The summed E-state index contributed by atoms with van der Waals surface area (Å²) in [5.74, 6) is -0.336. The van der Waals surface area contributed by atoms with Crippen molar-refractivity contribution in [2.24, 2.45) is 5.73 Å². The number of H-pyrrole nitrogens is 1. The fourth-order valence-electron chi connectivity index (χ4n) is 1.95. The number of amides is 2. The predicted molar refractivity (Wildman–Crippen MR) is 76.9 cm³/mol. The first-order valence-corrected chi connectivity index (χ1v) is 7.01. The number of hydrogen-bond acceptors (Lipinski definition) is 5. The highest BCUT2D eigenvalue weighted by atomic mass is 32.1. The molecule has 0 aliphatic carbocycles. The number of nitrogens with zero attached hydrogens (tertiary/aromatic N) is 3. The standard InChI is InChI=1S/C12H12N6O2S/c13-9(19)3-7-5-14-17-11(7)16-10(20)4-8-6-18-1-2-21-12(18)15-8/h1-2,5-6H,3-4H2,(H2,13,19)(H2,14,16,17,20). The minimum absolute atomic E-state index is 0.0202. The molecule has 0 atom stereocenters. The summed E-state index contributed by atoms with van der Waals surface area (Å²) in [7, 11) is 0. The van der Waals surface area contributed by atoms with Crippen molar-refractivity contribution < 1.29 is 9.59 Å². The number of anilines is 1. The summed E-state index contributed by atoms with van der Waals surface area (Å²) in [5, 5.41) is 11.0. The van der Waals surface area contributed by atoms with Crippen LogP contribution < -0.4 is 11.1 Å². The van der Waals surface area contributed by atoms with Crippen molar-refractivity contribution in [1.82, 2.24) is 19.6 Å². The van der Waals surface area contributed by atoms with Crippen molar-refractivity contribution in [3.05, 3.63) is 35.2 Å². The highest BCUT2D eigenvalue weighted by Crippen LogP contribution is 2.14. The molecule has 0 aliphatic heterocycles. The van der Waals surface area contributed by atoms with E-state index in [1.807, 2.05) is 22.2 Å². The molecular weight excluding hydrogens is 292 g/mol. The zero-order valence-corrected chi connectivity index (χ0v) is 11.7. The second-order valence-corrected chi connectivity index (χ2v) is 5.34. The Kier molecular flexibility index (Phi) is 3.40. The summed E-state index contributed by atoms with van der Waals surface area (Å²) >= 11 is 1.50. The van der Waals surface area contributed by atoms with Crippen LogP contribution in [-0.4, -0.2) is 31.4 Å². The fourth-order valence-corrected chi connectivity index (χ4v) is 2.67. The zero-order valence-electron chi connectivity index (χ0n) is 10.9. The van der Waals surface area contributed by atoms with E-state index in [-0.39, 0.29) is 18.7 Å². The third kappa shape index (κ3) is 2.92. The first-order chi connectivity index (χ1) is 10.1. The van der Waals surface area contributed by atoms with Crippen LogP contribution in [0.2, 0.25) is 0 Å². The lowest BCUT2D eigenvalue weighted by atomic mass is 10.2. The molecule has 3 aromatic heterocycles. The second-order valence-electron chi connectivity index (χ2n) is 4.46. The number of nitrogens with one attached hydrogen (secondary N) is 2. The number of nitrogens with two attached hydrogens (primary N) is 1. The van der Waals surface area contributed by atoms with Crippen LogP contribution >= 0.6 is 11.3 Å². The van der Waals surface area contributed by atoms with E-state index in [4.69, 9.17) is 5.73 Å². The third-order valence-corrected chi connectivity index (χ3v) is 3.60. The average molecular weight is 304 g/mol. The summed E-state index contributed by atoms with van der Waals surface area (Å²) < 4.78 is 1.86. The molecule has 0 saturated heterocycles. The Balaban J connectivity index is 1.67. The molecule has 8 nitrogen and oxygen atoms in total. The molecule has 21 heavy (non-hydrogen) atoms. The summed E-state index contributed by atoms with van der Waals surface area (Å²) in [5.41, 5.74) is 6.37. The lowest BCUT2D eigenvalue weighted by Gasteiger charge is -2.03. The van der Waals surface area contributed by atoms with Crippen LogP contribution in [0.3, 0.4) is 0 Å². The number of hydrogen-bond donors (Lipinski definition) is 3. The average Bonchev–Trinajstić information content (AvgIpc) is 3.05. The van der Waals surface area contributed by atoms with Crippen LogP contribution in [0, 0.1) is 0 Å². The minimum Gasteiger partial charge on any atom is -0.369 e. The van der Waals surface area contributed by atoms with Gasteiger partial charge in [-0.1, -0.05) is 0 Å². The van der Waals surface area contributed by atoms with E-state index in [9.17, 15) is 9.59 Å². The van der Waals surface area contributed by atoms with Gasteiger partial charge < -0.3 is 11.1 Å². The molecule has 0 bridgehead atoms. The first-order valence-electron chi connectivity index (χ1n) is 6.13. The van der Waals surface area contributed by atoms with Gasteiger partial charge >= 0.3 is 0 Å². The van der Waals surface area contributed by atoms with Crippen LogP contribution in [0.5, 0.6) is 0 Å². The number of imidazole rings is 1. The van der Waals surface area contributed by atoms with Crippen LogP contribution in [0.4, 0.5) is 5.82 Å². The van der Waals surface area contributed by atoms with E-state index >= 15 is 0 Å². The highest BCUT2D eigenvalue weighted by molar-refractivity contribution is 7.15. The number of aromatic nitrogens is 4. The molecule has 3 rings (SSSR count). The maximum Gasteiger partial charge on any atom is 0.231 e. The van der Waals surface area contributed by atoms with Gasteiger partial charge in [-0.2, -0.15) is 5.10 Å². The molecule has 108 valence electrons. The van der Waals surface area contributed by atoms with Crippen LogP contribution in [0.1, 0.15) is 11.3 Å². The second kappa shape index (κ2) is 5.37. The lowest BCUT2D eigenvalue weighted by Crippen LogP contribution is -2.18. The topological polar surface area (TPSA) is 118 Å². The van der Waals surface area contributed by atoms with Gasteiger partial charge in [-0.15, -0.1) is 11.3 Å². The lowest BCUT2D eigenvalue weighted by molar-refractivity contribution is -0.117. The molecule has 0 aromatic carbocycles. The predicted octanol–water partition coefficient (Wildman–Crippen LogP) is 0.328. The fraction of sp³-hybridized carbons (Fsp3) is 0.167. The van der Waals surface area contributed by atoms with Gasteiger partial charge in [0.15, 0.2) is 4.96 Å². The van der Waals surface area contributed by atoms with E-state index in [0.29, 0.717) is 17.1 Å². The van der Waals surface area contributed by atoms with Gasteiger partial charge in [0.05, 0.1) is 24.7 Å². The largest absolute Gasteiger partial charge is 0.369 e. The summed E-state index contributed by atoms with van der Waals surface area (Å²) in [6.07, 6.45) is 5.32. The van der Waals surface area contributed by atoms with E-state index in [2.05, 4.69) is 20.5 Å². The zero-order chi connectivity index (χ0) is 14.8.